The molecule has 1 aromatic heterocycles. The van der Waals surface area contributed by atoms with Gasteiger partial charge in [0.2, 0.25) is 0 Å². The van der Waals surface area contributed by atoms with Crippen LogP contribution in [0.4, 0.5) is 0 Å². The fourth-order valence-electron chi connectivity index (χ4n) is 2.36. The van der Waals surface area contributed by atoms with Gasteiger partial charge in [-0.1, -0.05) is 32.4 Å². The number of hydrogen-bond donors (Lipinski definition) is 0. The summed E-state index contributed by atoms with van der Waals surface area (Å²) in [5, 5.41) is 8.09. The first-order valence-corrected chi connectivity index (χ1v) is 8.01. The molecule has 120 valence electrons. The van der Waals surface area contributed by atoms with E-state index in [1.54, 1.807) is 6.20 Å². The highest BCUT2D eigenvalue weighted by molar-refractivity contribution is 5.78. The van der Waals surface area contributed by atoms with E-state index < -0.39 is 0 Å². The van der Waals surface area contributed by atoms with Gasteiger partial charge < -0.3 is 0 Å². The van der Waals surface area contributed by atoms with E-state index in [-0.39, 0.29) is 5.54 Å². The van der Waals surface area contributed by atoms with E-state index in [4.69, 9.17) is 0 Å². The lowest BCUT2D eigenvalue weighted by Gasteiger charge is -2.21. The SMILES string of the molecule is CC(C)(C)CCCCC(=O)CCc1cnnn1C(C)(C)C. The van der Waals surface area contributed by atoms with Crippen LogP contribution in [0.1, 0.15) is 79.3 Å². The second-order valence-corrected chi connectivity index (χ2v) is 8.11. The lowest BCUT2D eigenvalue weighted by molar-refractivity contribution is -0.119. The Bertz CT molecular complexity index is 449. The molecule has 0 saturated carbocycles. The van der Waals surface area contributed by atoms with E-state index in [9.17, 15) is 4.79 Å². The van der Waals surface area contributed by atoms with Crippen molar-refractivity contribution in [2.24, 2.45) is 5.41 Å². The molecule has 0 aromatic carbocycles. The Morgan fingerprint density at radius 1 is 1.10 bits per heavy atom. The van der Waals surface area contributed by atoms with Crippen molar-refractivity contribution in [3.05, 3.63) is 11.9 Å². The maximum absolute atomic E-state index is 12.0. The molecule has 4 heteroatoms. The molecule has 1 heterocycles. The molecule has 0 N–H and O–H groups in total. The van der Waals surface area contributed by atoms with E-state index in [1.807, 2.05) is 4.68 Å². The Hall–Kier alpha value is -1.19. The summed E-state index contributed by atoms with van der Waals surface area (Å²) >= 11 is 0. The Labute approximate surface area is 129 Å². The van der Waals surface area contributed by atoms with Crippen LogP contribution < -0.4 is 0 Å². The number of aryl methyl sites for hydroxylation is 1. The monoisotopic (exact) mass is 293 g/mol. The summed E-state index contributed by atoms with van der Waals surface area (Å²) in [7, 11) is 0. The zero-order chi connectivity index (χ0) is 16.1. The molecule has 0 fully saturated rings. The van der Waals surface area contributed by atoms with Gasteiger partial charge in [0, 0.05) is 12.8 Å². The summed E-state index contributed by atoms with van der Waals surface area (Å²) in [6, 6.07) is 0. The van der Waals surface area contributed by atoms with Crippen molar-refractivity contribution in [2.75, 3.05) is 0 Å². The minimum Gasteiger partial charge on any atom is -0.300 e. The quantitative estimate of drug-likeness (QED) is 0.710. The molecule has 4 nitrogen and oxygen atoms in total. The van der Waals surface area contributed by atoms with Crippen molar-refractivity contribution < 1.29 is 4.79 Å². The van der Waals surface area contributed by atoms with Gasteiger partial charge in [0.05, 0.1) is 17.4 Å². The molecule has 0 saturated heterocycles. The van der Waals surface area contributed by atoms with Gasteiger partial charge in [0.15, 0.2) is 0 Å². The number of ketones is 1. The van der Waals surface area contributed by atoms with Gasteiger partial charge in [-0.25, -0.2) is 4.68 Å². The molecule has 0 atom stereocenters. The Balaban J connectivity index is 2.33. The molecule has 21 heavy (non-hydrogen) atoms. The van der Waals surface area contributed by atoms with Crippen LogP contribution in [0.3, 0.4) is 0 Å². The second-order valence-electron chi connectivity index (χ2n) is 8.11. The van der Waals surface area contributed by atoms with Crippen molar-refractivity contribution in [2.45, 2.75) is 85.6 Å². The van der Waals surface area contributed by atoms with Crippen LogP contribution in [0.2, 0.25) is 0 Å². The zero-order valence-corrected chi connectivity index (χ0v) is 14.6. The lowest BCUT2D eigenvalue weighted by Crippen LogP contribution is -2.25. The first-order valence-electron chi connectivity index (χ1n) is 8.01. The third-order valence-corrected chi connectivity index (χ3v) is 3.55. The molecule has 0 spiro atoms. The minimum atomic E-state index is -0.0818. The highest BCUT2D eigenvalue weighted by atomic mass is 16.1. The van der Waals surface area contributed by atoms with Gasteiger partial charge in [0.25, 0.3) is 0 Å². The molecular weight excluding hydrogens is 262 g/mol. The van der Waals surface area contributed by atoms with E-state index in [1.165, 1.54) is 6.42 Å². The Morgan fingerprint density at radius 2 is 1.76 bits per heavy atom. The van der Waals surface area contributed by atoms with Crippen molar-refractivity contribution >= 4 is 5.78 Å². The molecule has 0 bridgehead atoms. The molecule has 1 rings (SSSR count). The number of nitrogens with zero attached hydrogens (tertiary/aromatic N) is 3. The number of carbonyl (C=O) groups is 1. The molecule has 0 aliphatic rings. The van der Waals surface area contributed by atoms with Crippen molar-refractivity contribution in [3.8, 4) is 0 Å². The maximum atomic E-state index is 12.0. The Kier molecular flexibility index (Phi) is 6.11. The largest absolute Gasteiger partial charge is 0.300 e. The minimum absolute atomic E-state index is 0.0818. The van der Waals surface area contributed by atoms with Crippen LogP contribution in [-0.2, 0) is 16.8 Å². The third-order valence-electron chi connectivity index (χ3n) is 3.55. The average molecular weight is 293 g/mol. The van der Waals surface area contributed by atoms with Crippen LogP contribution in [0.15, 0.2) is 6.20 Å². The van der Waals surface area contributed by atoms with Crippen LogP contribution in [0.5, 0.6) is 0 Å². The molecule has 0 unspecified atom stereocenters. The van der Waals surface area contributed by atoms with Crippen LogP contribution in [-0.4, -0.2) is 20.8 Å². The van der Waals surface area contributed by atoms with E-state index >= 15 is 0 Å². The van der Waals surface area contributed by atoms with E-state index in [0.29, 0.717) is 24.0 Å². The van der Waals surface area contributed by atoms with Gasteiger partial charge in [-0.3, -0.25) is 4.79 Å². The number of unbranched alkanes of at least 4 members (excludes halogenated alkanes) is 1. The van der Waals surface area contributed by atoms with Gasteiger partial charge >= 0.3 is 0 Å². The number of carbonyl (C=O) groups excluding carboxylic acids is 1. The van der Waals surface area contributed by atoms with E-state index in [2.05, 4.69) is 51.9 Å². The topological polar surface area (TPSA) is 47.8 Å². The normalized spacial score (nSPS) is 12.7. The second kappa shape index (κ2) is 7.19. The van der Waals surface area contributed by atoms with Gasteiger partial charge in [0.1, 0.15) is 5.78 Å². The highest BCUT2D eigenvalue weighted by Crippen LogP contribution is 2.22. The van der Waals surface area contributed by atoms with Crippen molar-refractivity contribution in [1.29, 1.82) is 0 Å². The first-order chi connectivity index (χ1) is 9.59. The van der Waals surface area contributed by atoms with Crippen molar-refractivity contribution in [3.63, 3.8) is 0 Å². The van der Waals surface area contributed by atoms with Gasteiger partial charge in [-0.2, -0.15) is 0 Å². The maximum Gasteiger partial charge on any atom is 0.133 e. The number of aromatic nitrogens is 3. The summed E-state index contributed by atoms with van der Waals surface area (Å²) < 4.78 is 1.92. The van der Waals surface area contributed by atoms with Gasteiger partial charge in [-0.15, -0.1) is 5.10 Å². The summed E-state index contributed by atoms with van der Waals surface area (Å²) in [6.07, 6.45) is 7.14. The van der Waals surface area contributed by atoms with Crippen LogP contribution >= 0.6 is 0 Å². The summed E-state index contributed by atoms with van der Waals surface area (Å²) in [6.45, 7) is 13.0. The van der Waals surface area contributed by atoms with E-state index in [0.717, 1.165) is 25.0 Å². The predicted molar refractivity (Wildman–Crippen MR) is 86.3 cm³/mol. The molecule has 0 aliphatic heterocycles. The van der Waals surface area contributed by atoms with Crippen LogP contribution in [0, 0.1) is 5.41 Å². The molecule has 0 amide bonds. The average Bonchev–Trinajstić information content (AvgIpc) is 2.79. The summed E-state index contributed by atoms with van der Waals surface area (Å²) in [5.41, 5.74) is 1.33. The lowest BCUT2D eigenvalue weighted by atomic mass is 9.89. The smallest absolute Gasteiger partial charge is 0.133 e. The number of hydrogen-bond acceptors (Lipinski definition) is 3. The summed E-state index contributed by atoms with van der Waals surface area (Å²) in [4.78, 5) is 12.0. The number of rotatable bonds is 7. The van der Waals surface area contributed by atoms with Crippen molar-refractivity contribution in [1.82, 2.24) is 15.0 Å². The number of Topliss-reactive ketones (excluding diaryl/α,β-unsaturated/α-hetero) is 1. The first kappa shape index (κ1) is 17.9. The fraction of sp³-hybridized carbons (Fsp3) is 0.824. The predicted octanol–water partition coefficient (Wildman–Crippen LogP) is 4.14. The highest BCUT2D eigenvalue weighted by Gasteiger charge is 2.18. The fourth-order valence-corrected chi connectivity index (χ4v) is 2.36. The van der Waals surface area contributed by atoms with Crippen LogP contribution in [0.25, 0.3) is 0 Å². The zero-order valence-electron chi connectivity index (χ0n) is 14.6. The molecule has 0 radical (unpaired) electrons. The summed E-state index contributed by atoms with van der Waals surface area (Å²) in [5.74, 6) is 0.352. The molecule has 1 aromatic rings. The Morgan fingerprint density at radius 3 is 2.33 bits per heavy atom. The molecular formula is C17H31N3O. The van der Waals surface area contributed by atoms with Gasteiger partial charge in [-0.05, 0) is 45.4 Å². The molecule has 0 aliphatic carbocycles. The standard InChI is InChI=1S/C17H31N3O/c1-16(2,3)12-8-7-9-15(21)11-10-14-13-18-19-20(14)17(4,5)6/h13H,7-12H2,1-6H3. The third kappa shape index (κ3) is 6.87.